The standard InChI is InChI=1S/C37H23N9O3/c1-3-9-25-23(7-1)15-18-38-34(25)37(30-16-19-40-43-30)45(31-14-13-24-8-2-4-10-26(24)41-31)33(35-42-27-11-5-6-12-29(27)49-35)32(28-17-21-48-44-28)46(37)36-39-20-22-47-36/h1-22H,(H,40,43). The fourth-order valence-electron chi connectivity index (χ4n) is 6.82. The van der Waals surface area contributed by atoms with Crippen LogP contribution in [0.15, 0.2) is 148 Å². The van der Waals surface area contributed by atoms with Gasteiger partial charge in [0.2, 0.25) is 11.6 Å². The molecule has 12 heteroatoms. The van der Waals surface area contributed by atoms with Crippen LogP contribution in [-0.4, -0.2) is 35.3 Å². The number of nitrogens with zero attached hydrogens (tertiary/aromatic N) is 8. The second kappa shape index (κ2) is 10.5. The summed E-state index contributed by atoms with van der Waals surface area (Å²) < 4.78 is 18.3. The molecule has 234 valence electrons. The van der Waals surface area contributed by atoms with Crippen molar-refractivity contribution in [1.82, 2.24) is 35.3 Å². The quantitative estimate of drug-likeness (QED) is 0.195. The molecule has 0 aliphatic carbocycles. The summed E-state index contributed by atoms with van der Waals surface area (Å²) in [6.45, 7) is 0. The molecule has 0 bridgehead atoms. The molecule has 0 fully saturated rings. The highest BCUT2D eigenvalue weighted by atomic mass is 16.5. The van der Waals surface area contributed by atoms with E-state index in [4.69, 9.17) is 33.3 Å². The van der Waals surface area contributed by atoms with E-state index in [9.17, 15) is 0 Å². The number of nitrogens with one attached hydrogen (secondary N) is 1. The molecule has 0 radical (unpaired) electrons. The van der Waals surface area contributed by atoms with E-state index in [1.807, 2.05) is 95.9 Å². The van der Waals surface area contributed by atoms with Crippen LogP contribution in [0.3, 0.4) is 0 Å². The van der Waals surface area contributed by atoms with Crippen LogP contribution in [0.5, 0.6) is 0 Å². The molecule has 6 aromatic heterocycles. The minimum Gasteiger partial charge on any atom is -0.435 e. The number of hydrogen-bond acceptors (Lipinski definition) is 11. The Morgan fingerprint density at radius 1 is 0.653 bits per heavy atom. The highest BCUT2D eigenvalue weighted by molar-refractivity contribution is 6.07. The van der Waals surface area contributed by atoms with Crippen LogP contribution >= 0.6 is 0 Å². The molecule has 0 spiro atoms. The van der Waals surface area contributed by atoms with Crippen LogP contribution in [0, 0.1) is 0 Å². The molecular weight excluding hydrogens is 618 g/mol. The lowest BCUT2D eigenvalue weighted by Crippen LogP contribution is -2.54. The third-order valence-electron chi connectivity index (χ3n) is 8.80. The zero-order chi connectivity index (χ0) is 32.4. The van der Waals surface area contributed by atoms with Crippen LogP contribution in [-0.2, 0) is 5.66 Å². The number of fused-ring (bicyclic) bond motifs is 3. The first-order chi connectivity index (χ1) is 24.3. The number of aromatic amines is 1. The van der Waals surface area contributed by atoms with E-state index in [2.05, 4.69) is 26.3 Å². The van der Waals surface area contributed by atoms with Gasteiger partial charge in [0, 0.05) is 29.2 Å². The first-order valence-electron chi connectivity index (χ1n) is 15.5. The second-order valence-electron chi connectivity index (χ2n) is 11.4. The van der Waals surface area contributed by atoms with E-state index >= 15 is 0 Å². The maximum Gasteiger partial charge on any atom is 0.304 e. The van der Waals surface area contributed by atoms with Crippen LogP contribution in [0.2, 0.25) is 0 Å². The van der Waals surface area contributed by atoms with Gasteiger partial charge < -0.3 is 13.4 Å². The number of para-hydroxylation sites is 3. The average Bonchev–Trinajstić information content (AvgIpc) is 3.99. The lowest BCUT2D eigenvalue weighted by Gasteiger charge is -2.43. The number of H-pyrrole nitrogens is 1. The number of hydrogen-bond donors (Lipinski definition) is 1. The molecule has 0 amide bonds. The third kappa shape index (κ3) is 3.91. The van der Waals surface area contributed by atoms with Gasteiger partial charge in [-0.3, -0.25) is 19.9 Å². The van der Waals surface area contributed by atoms with Crippen molar-refractivity contribution < 1.29 is 13.4 Å². The van der Waals surface area contributed by atoms with Crippen molar-refractivity contribution in [2.45, 2.75) is 5.66 Å². The smallest absolute Gasteiger partial charge is 0.304 e. The Kier molecular flexibility index (Phi) is 5.78. The fourth-order valence-corrected chi connectivity index (χ4v) is 6.82. The highest BCUT2D eigenvalue weighted by Crippen LogP contribution is 2.57. The maximum absolute atomic E-state index is 6.60. The van der Waals surface area contributed by atoms with Gasteiger partial charge >= 0.3 is 6.01 Å². The first kappa shape index (κ1) is 27.1. The lowest BCUT2D eigenvalue weighted by atomic mass is 9.93. The van der Waals surface area contributed by atoms with Gasteiger partial charge in [0.15, 0.2) is 5.58 Å². The topological polar surface area (TPSA) is 139 Å². The molecular formula is C37H23N9O3. The normalized spacial score (nSPS) is 16.5. The molecule has 1 unspecified atom stereocenters. The summed E-state index contributed by atoms with van der Waals surface area (Å²) in [5.41, 5.74) is 3.45. The van der Waals surface area contributed by atoms with Gasteiger partial charge in [0.25, 0.3) is 0 Å². The Hall–Kier alpha value is -7.08. The molecule has 1 N–H and O–H groups in total. The zero-order valence-corrected chi connectivity index (χ0v) is 25.5. The van der Waals surface area contributed by atoms with Crippen molar-refractivity contribution in [1.29, 1.82) is 0 Å². The fraction of sp³-hybridized carbons (Fsp3) is 0.0270. The molecule has 0 saturated carbocycles. The van der Waals surface area contributed by atoms with Gasteiger partial charge in [-0.15, -0.1) is 0 Å². The van der Waals surface area contributed by atoms with Gasteiger partial charge in [-0.05, 0) is 47.9 Å². The van der Waals surface area contributed by atoms with Crippen molar-refractivity contribution in [3.8, 4) is 0 Å². The van der Waals surface area contributed by atoms with Crippen LogP contribution in [0.25, 0.3) is 44.2 Å². The molecule has 1 aliphatic rings. The Bertz CT molecular complexity index is 2610. The van der Waals surface area contributed by atoms with Crippen LogP contribution in [0.4, 0.5) is 11.8 Å². The Labute approximate surface area is 277 Å². The minimum absolute atomic E-state index is 0.249. The van der Waals surface area contributed by atoms with Gasteiger partial charge in [0.1, 0.15) is 46.6 Å². The van der Waals surface area contributed by atoms with E-state index in [1.54, 1.807) is 24.7 Å². The third-order valence-corrected chi connectivity index (χ3v) is 8.80. The van der Waals surface area contributed by atoms with Gasteiger partial charge in [-0.1, -0.05) is 59.8 Å². The highest BCUT2D eigenvalue weighted by Gasteiger charge is 2.61. The van der Waals surface area contributed by atoms with Crippen molar-refractivity contribution in [3.63, 3.8) is 0 Å². The Morgan fingerprint density at radius 2 is 1.51 bits per heavy atom. The average molecular weight is 642 g/mol. The monoisotopic (exact) mass is 641 g/mol. The van der Waals surface area contributed by atoms with E-state index in [1.165, 1.54) is 12.5 Å². The molecule has 7 heterocycles. The lowest BCUT2D eigenvalue weighted by molar-refractivity contribution is 0.416. The largest absolute Gasteiger partial charge is 0.435 e. The Morgan fingerprint density at radius 3 is 2.33 bits per heavy atom. The SMILES string of the molecule is c1ccc2nc(N3C(c4nc5ccccc5o4)=C(c4ccon4)N(c4ncco4)C3(c3ccn[nH]3)c3nccc4ccccc34)ccc2c1. The number of pyridine rings is 2. The molecule has 1 aliphatic heterocycles. The number of oxazole rings is 2. The summed E-state index contributed by atoms with van der Waals surface area (Å²) in [6, 6.07) is 33.6. The number of aromatic nitrogens is 7. The molecule has 1 atom stereocenters. The maximum atomic E-state index is 6.60. The van der Waals surface area contributed by atoms with Gasteiger partial charge in [-0.2, -0.15) is 5.10 Å². The zero-order valence-electron chi connectivity index (χ0n) is 25.5. The predicted molar refractivity (Wildman–Crippen MR) is 182 cm³/mol. The summed E-state index contributed by atoms with van der Waals surface area (Å²) in [5, 5.41) is 15.0. The first-order valence-corrected chi connectivity index (χ1v) is 15.5. The second-order valence-corrected chi connectivity index (χ2v) is 11.4. The number of anilines is 2. The molecule has 12 nitrogen and oxygen atoms in total. The minimum atomic E-state index is -1.43. The molecule has 49 heavy (non-hydrogen) atoms. The van der Waals surface area contributed by atoms with Crippen molar-refractivity contribution in [2.75, 3.05) is 9.80 Å². The number of benzene rings is 3. The summed E-state index contributed by atoms with van der Waals surface area (Å²) in [5.74, 6) is 0.877. The van der Waals surface area contributed by atoms with E-state index in [-0.39, 0.29) is 6.01 Å². The Balaban J connectivity index is 1.43. The molecule has 3 aromatic carbocycles. The van der Waals surface area contributed by atoms with Crippen LogP contribution in [0.1, 0.15) is 23.0 Å². The summed E-state index contributed by atoms with van der Waals surface area (Å²) in [6.07, 6.45) is 8.14. The van der Waals surface area contributed by atoms with Gasteiger partial charge in [0.05, 0.1) is 17.4 Å². The molecule has 9 aromatic rings. The van der Waals surface area contributed by atoms with Crippen LogP contribution < -0.4 is 9.80 Å². The summed E-state index contributed by atoms with van der Waals surface area (Å²) >= 11 is 0. The van der Waals surface area contributed by atoms with Crippen molar-refractivity contribution >= 4 is 56.0 Å². The van der Waals surface area contributed by atoms with E-state index in [0.29, 0.717) is 51.3 Å². The van der Waals surface area contributed by atoms with E-state index < -0.39 is 5.66 Å². The summed E-state index contributed by atoms with van der Waals surface area (Å²) in [7, 11) is 0. The molecule has 10 rings (SSSR count). The summed E-state index contributed by atoms with van der Waals surface area (Å²) in [4.78, 5) is 24.2. The number of rotatable bonds is 6. The predicted octanol–water partition coefficient (Wildman–Crippen LogP) is 7.38. The van der Waals surface area contributed by atoms with Crippen molar-refractivity contribution in [3.05, 3.63) is 157 Å². The van der Waals surface area contributed by atoms with E-state index in [0.717, 1.165) is 21.7 Å². The molecule has 0 saturated heterocycles. The van der Waals surface area contributed by atoms with Gasteiger partial charge in [-0.25, -0.2) is 15.0 Å². The van der Waals surface area contributed by atoms with Crippen molar-refractivity contribution in [2.24, 2.45) is 0 Å².